The lowest BCUT2D eigenvalue weighted by Gasteiger charge is -2.12. The second-order valence-electron chi connectivity index (χ2n) is 11.5. The molecule has 0 bridgehead atoms. The number of anilines is 2. The maximum Gasteiger partial charge on any atom is 0.294 e. The van der Waals surface area contributed by atoms with Crippen LogP contribution in [-0.2, 0) is 36.2 Å². The summed E-state index contributed by atoms with van der Waals surface area (Å²) in [6.45, 7) is 3.27. The Hall–Kier alpha value is -5.82. The van der Waals surface area contributed by atoms with Crippen molar-refractivity contribution in [2.24, 2.45) is 30.7 Å². The zero-order chi connectivity index (χ0) is 36.5. The van der Waals surface area contributed by atoms with Gasteiger partial charge < -0.3 is 0 Å². The lowest BCUT2D eigenvalue weighted by molar-refractivity contribution is -0.118. The first-order valence-electron chi connectivity index (χ1n) is 15.1. The second-order valence-corrected chi connectivity index (χ2v) is 14.3. The quantitative estimate of drug-likeness (QED) is 0.156. The van der Waals surface area contributed by atoms with Crippen LogP contribution in [0.25, 0.3) is 0 Å². The van der Waals surface area contributed by atoms with Crippen molar-refractivity contribution in [2.75, 3.05) is 10.0 Å². The minimum atomic E-state index is -4.38. The average molecular weight is 729 g/mol. The molecule has 16 nitrogen and oxygen atoms in total. The van der Waals surface area contributed by atoms with Crippen molar-refractivity contribution in [2.45, 2.75) is 42.1 Å². The molecule has 6 rings (SSSR count). The van der Waals surface area contributed by atoms with Crippen molar-refractivity contribution in [1.29, 1.82) is 0 Å². The molecule has 0 spiro atoms. The first-order valence-corrected chi connectivity index (χ1v) is 18.0. The maximum atomic E-state index is 13.1. The van der Waals surface area contributed by atoms with Crippen molar-refractivity contribution < 1.29 is 35.5 Å². The van der Waals surface area contributed by atoms with E-state index in [0.29, 0.717) is 40.6 Å². The molecule has 0 aromatic heterocycles. The number of rotatable bonds is 10. The number of azo groups is 2. The first-order chi connectivity index (χ1) is 24.2. The summed E-state index contributed by atoms with van der Waals surface area (Å²) in [5, 5.41) is 27.7. The van der Waals surface area contributed by atoms with Crippen LogP contribution < -0.4 is 10.0 Å². The largest absolute Gasteiger partial charge is 0.294 e. The summed E-state index contributed by atoms with van der Waals surface area (Å²) in [4.78, 5) is 25.5. The van der Waals surface area contributed by atoms with E-state index < -0.39 is 44.1 Å². The predicted molar refractivity (Wildman–Crippen MR) is 186 cm³/mol. The molecule has 18 heteroatoms. The fraction of sp³-hybridized carbons (Fsp3) is 0.152. The smallest absolute Gasteiger partial charge is 0.282 e. The molecule has 0 aliphatic carbocycles. The van der Waals surface area contributed by atoms with Crippen LogP contribution in [0.5, 0.6) is 0 Å². The summed E-state index contributed by atoms with van der Waals surface area (Å²) in [7, 11) is -8.76. The molecule has 2 N–H and O–H groups in total. The van der Waals surface area contributed by atoms with E-state index in [1.54, 1.807) is 26.0 Å². The summed E-state index contributed by atoms with van der Waals surface area (Å²) in [5.74, 6) is -0.943. The van der Waals surface area contributed by atoms with Crippen LogP contribution in [0.3, 0.4) is 0 Å². The van der Waals surface area contributed by atoms with E-state index in [9.17, 15) is 35.5 Å². The van der Waals surface area contributed by atoms with E-state index in [-0.39, 0.29) is 9.79 Å². The minimum Gasteiger partial charge on any atom is -0.282 e. The summed E-state index contributed by atoms with van der Waals surface area (Å²) in [5.41, 5.74) is 4.21. The van der Waals surface area contributed by atoms with E-state index in [1.807, 2.05) is 36.4 Å². The fourth-order valence-corrected chi connectivity index (χ4v) is 6.17. The van der Waals surface area contributed by atoms with Gasteiger partial charge in [0.15, 0.2) is 12.1 Å². The van der Waals surface area contributed by atoms with Gasteiger partial charge in [0.2, 0.25) is 0 Å². The maximum absolute atomic E-state index is 13.1. The van der Waals surface area contributed by atoms with Gasteiger partial charge in [0.1, 0.15) is 0 Å². The summed E-state index contributed by atoms with van der Waals surface area (Å²) >= 11 is 0. The minimum absolute atomic E-state index is 0.305. The van der Waals surface area contributed by atoms with Crippen LogP contribution in [0.2, 0.25) is 0 Å². The van der Waals surface area contributed by atoms with Gasteiger partial charge in [0.25, 0.3) is 32.1 Å². The third-order valence-corrected chi connectivity index (χ3v) is 9.49. The summed E-state index contributed by atoms with van der Waals surface area (Å²) in [6, 6.07) is 22.7. The molecular formula is C33H28N8O8S2. The number of amides is 2. The van der Waals surface area contributed by atoms with Crippen LogP contribution in [0.1, 0.15) is 25.0 Å². The zero-order valence-corrected chi connectivity index (χ0v) is 28.5. The molecular weight excluding hydrogens is 701 g/mol. The van der Waals surface area contributed by atoms with Crippen molar-refractivity contribution in [3.8, 4) is 0 Å². The monoisotopic (exact) mass is 728 g/mol. The van der Waals surface area contributed by atoms with Crippen LogP contribution in [0.4, 0.5) is 22.7 Å². The van der Waals surface area contributed by atoms with Crippen LogP contribution in [0.15, 0.2) is 138 Å². The number of benzene rings is 4. The van der Waals surface area contributed by atoms with Gasteiger partial charge in [-0.2, -0.15) is 57.5 Å². The molecule has 4 aromatic carbocycles. The number of carbonyl (C=O) groups excluding carboxylic acids is 2. The molecule has 0 saturated carbocycles. The van der Waals surface area contributed by atoms with E-state index in [4.69, 9.17) is 0 Å². The molecule has 260 valence electrons. The molecule has 4 aromatic rings. The molecule has 0 radical (unpaired) electrons. The van der Waals surface area contributed by atoms with Gasteiger partial charge in [-0.3, -0.25) is 18.7 Å². The highest BCUT2D eigenvalue weighted by Gasteiger charge is 2.36. The fourth-order valence-electron chi connectivity index (χ4n) is 5.21. The lowest BCUT2D eigenvalue weighted by Crippen LogP contribution is -2.29. The number of nitrogens with zero attached hydrogens (tertiary/aromatic N) is 8. The van der Waals surface area contributed by atoms with Gasteiger partial charge in [0.05, 0.1) is 44.0 Å². The molecule has 2 amide bonds. The Balaban J connectivity index is 1.10. The van der Waals surface area contributed by atoms with E-state index in [0.717, 1.165) is 21.1 Å². The predicted octanol–water partition coefficient (Wildman–Crippen LogP) is 5.52. The molecule has 51 heavy (non-hydrogen) atoms. The molecule has 2 aliphatic heterocycles. The normalized spacial score (nSPS) is 18.3. The first kappa shape index (κ1) is 35.0. The Labute approximate surface area is 292 Å². The van der Waals surface area contributed by atoms with E-state index in [1.165, 1.54) is 48.5 Å². The van der Waals surface area contributed by atoms with Gasteiger partial charge in [-0.1, -0.05) is 24.3 Å². The van der Waals surface area contributed by atoms with Crippen molar-refractivity contribution in [3.63, 3.8) is 0 Å². The SMILES string of the molecule is CC1=NN(c2ccc(S(=O)(=O)O)cc2)C(=O)C1N=Nc1cccc(Cc2cccc(N=NC3C(=O)N(c4ccc(S(=O)(=O)O)cc4)N=C3C)c2)c1. The summed E-state index contributed by atoms with van der Waals surface area (Å²) < 4.78 is 63.8. The average Bonchev–Trinajstić information content (AvgIpc) is 3.54. The second kappa shape index (κ2) is 13.8. The van der Waals surface area contributed by atoms with Crippen LogP contribution in [0, 0.1) is 0 Å². The van der Waals surface area contributed by atoms with Gasteiger partial charge in [-0.15, -0.1) is 0 Å². The number of hydrogen-bond acceptors (Lipinski definition) is 12. The van der Waals surface area contributed by atoms with Gasteiger partial charge >= 0.3 is 0 Å². The standard InChI is InChI=1S/C33H28N8O8S2/c1-20-30(32(42)40(38-20)26-9-13-28(14-10-26)50(44,45)46)36-34-24-7-3-5-22(18-24)17-23-6-4-8-25(19-23)35-37-31-21(2)39-41(33(31)43)27-11-15-29(16-12-27)51(47,48)49/h3-16,18-19,30-31H,17H2,1-2H3,(H,44,45,46)(H,47,48,49). The zero-order valence-electron chi connectivity index (χ0n) is 26.8. The third-order valence-electron chi connectivity index (χ3n) is 7.76. The number of carbonyl (C=O) groups is 2. The Morgan fingerprint density at radius 1 is 0.608 bits per heavy atom. The molecule has 2 aliphatic rings. The van der Waals surface area contributed by atoms with Crippen molar-refractivity contribution >= 4 is 66.2 Å². The van der Waals surface area contributed by atoms with Crippen LogP contribution >= 0.6 is 0 Å². The van der Waals surface area contributed by atoms with Gasteiger partial charge in [-0.25, -0.2) is 0 Å². The summed E-state index contributed by atoms with van der Waals surface area (Å²) in [6.07, 6.45) is 0.499. The molecule has 2 atom stereocenters. The van der Waals surface area contributed by atoms with Crippen molar-refractivity contribution in [3.05, 3.63) is 108 Å². The lowest BCUT2D eigenvalue weighted by atomic mass is 10.0. The number of hydrazone groups is 2. The highest BCUT2D eigenvalue weighted by Crippen LogP contribution is 2.28. The Morgan fingerprint density at radius 2 is 0.980 bits per heavy atom. The van der Waals surface area contributed by atoms with Gasteiger partial charge in [-0.05, 0) is 104 Å². The highest BCUT2D eigenvalue weighted by molar-refractivity contribution is 7.86. The molecule has 0 saturated heterocycles. The van der Waals surface area contributed by atoms with E-state index in [2.05, 4.69) is 30.7 Å². The van der Waals surface area contributed by atoms with Crippen molar-refractivity contribution in [1.82, 2.24) is 0 Å². The van der Waals surface area contributed by atoms with Crippen LogP contribution in [-0.4, -0.2) is 61.3 Å². The molecule has 2 unspecified atom stereocenters. The third kappa shape index (κ3) is 7.83. The highest BCUT2D eigenvalue weighted by atomic mass is 32.2. The Kier molecular flexibility index (Phi) is 9.50. The van der Waals surface area contributed by atoms with E-state index >= 15 is 0 Å². The molecule has 2 heterocycles. The number of hydrogen-bond donors (Lipinski definition) is 2. The van der Waals surface area contributed by atoms with Gasteiger partial charge in [0, 0.05) is 0 Å². The molecule has 0 fully saturated rings. The Bertz CT molecular complexity index is 2210. The topological polar surface area (TPSA) is 224 Å². The Morgan fingerprint density at radius 3 is 1.33 bits per heavy atom.